The number of rotatable bonds is 5. The maximum absolute atomic E-state index is 11.8. The topological polar surface area (TPSA) is 94.5 Å². The molecule has 174 valence electrons. The molecule has 0 spiro atoms. The average molecular weight is 445 g/mol. The van der Waals surface area contributed by atoms with E-state index < -0.39 is 12.3 Å². The van der Waals surface area contributed by atoms with E-state index in [1.54, 1.807) is 6.92 Å². The molecule has 0 aromatic heterocycles. The van der Waals surface area contributed by atoms with Gasteiger partial charge in [-0.25, -0.2) is 0 Å². The first-order valence-corrected chi connectivity index (χ1v) is 11.0. The molecule has 32 heavy (non-hydrogen) atoms. The number of aliphatic hydroxyl groups is 2. The first kappa shape index (κ1) is 23.9. The van der Waals surface area contributed by atoms with Crippen LogP contribution in [0.3, 0.4) is 0 Å². The van der Waals surface area contributed by atoms with E-state index in [2.05, 4.69) is 0 Å². The molecule has 0 heterocycles. The Kier molecular flexibility index (Phi) is 7.99. The molecule has 0 aliphatic heterocycles. The molecule has 0 radical (unpaired) electrons. The fourth-order valence-electron chi connectivity index (χ4n) is 4.11. The third-order valence-electron chi connectivity index (χ3n) is 5.55. The van der Waals surface area contributed by atoms with Gasteiger partial charge in [0.2, 0.25) is 5.75 Å². The monoisotopic (exact) mass is 444 g/mol. The highest BCUT2D eigenvalue weighted by Gasteiger charge is 2.25. The van der Waals surface area contributed by atoms with Crippen LogP contribution in [0.2, 0.25) is 0 Å². The van der Waals surface area contributed by atoms with Crippen LogP contribution in [-0.2, 0) is 17.6 Å². The highest BCUT2D eigenvalue weighted by atomic mass is 16.6. The van der Waals surface area contributed by atoms with Crippen LogP contribution in [0.4, 0.5) is 0 Å². The van der Waals surface area contributed by atoms with Gasteiger partial charge in [0.05, 0.1) is 20.3 Å². The summed E-state index contributed by atoms with van der Waals surface area (Å²) in [7, 11) is 3.04. The first-order valence-electron chi connectivity index (χ1n) is 11.0. The van der Waals surface area contributed by atoms with Crippen LogP contribution in [-0.4, -0.2) is 42.8 Å². The summed E-state index contributed by atoms with van der Waals surface area (Å²) in [5.74, 6) is 1.12. The van der Waals surface area contributed by atoms with Crippen molar-refractivity contribution in [3.8, 4) is 34.1 Å². The zero-order valence-electron chi connectivity index (χ0n) is 19.1. The molecule has 0 saturated heterocycles. The summed E-state index contributed by atoms with van der Waals surface area (Å²) in [5, 5.41) is 20.3. The van der Waals surface area contributed by atoms with Crippen molar-refractivity contribution in [3.63, 3.8) is 0 Å². The van der Waals surface area contributed by atoms with Gasteiger partial charge in [-0.05, 0) is 68.4 Å². The van der Waals surface area contributed by atoms with Crippen molar-refractivity contribution in [3.05, 3.63) is 35.4 Å². The van der Waals surface area contributed by atoms with E-state index in [-0.39, 0.29) is 6.10 Å². The number of ether oxygens (including phenoxy) is 4. The van der Waals surface area contributed by atoms with Crippen molar-refractivity contribution in [2.75, 3.05) is 14.2 Å². The van der Waals surface area contributed by atoms with Crippen LogP contribution in [0.15, 0.2) is 24.3 Å². The van der Waals surface area contributed by atoms with Gasteiger partial charge in [-0.15, -0.1) is 0 Å². The van der Waals surface area contributed by atoms with Gasteiger partial charge in [0, 0.05) is 18.1 Å². The molecule has 0 saturated carbocycles. The highest BCUT2D eigenvalue weighted by Crippen LogP contribution is 2.49. The molecule has 2 aromatic rings. The molecule has 0 amide bonds. The summed E-state index contributed by atoms with van der Waals surface area (Å²) in [6.45, 7) is 2.89. The molecule has 4 bridgehead atoms. The first-order chi connectivity index (χ1) is 15.3. The number of aryl methyl sites for hydroxylation is 2. The van der Waals surface area contributed by atoms with Crippen molar-refractivity contribution in [1.29, 1.82) is 0 Å². The van der Waals surface area contributed by atoms with Crippen molar-refractivity contribution in [2.24, 2.45) is 0 Å². The lowest BCUT2D eigenvalue weighted by Gasteiger charge is -2.22. The summed E-state index contributed by atoms with van der Waals surface area (Å²) in [6, 6.07) is 7.66. The fraction of sp³-hybridized carbons (Fsp3) is 0.480. The van der Waals surface area contributed by atoms with Gasteiger partial charge >= 0.3 is 5.97 Å². The smallest absolute Gasteiger partial charge is 0.308 e. The van der Waals surface area contributed by atoms with Crippen LogP contribution in [0, 0.1) is 0 Å². The SMILES string of the molecule is COc1c2cc(c(OC(C)=O)c1OC)CCCCC(O)CCc1ccc(OC(C)O)c-2c1. The number of hydrogen-bond acceptors (Lipinski definition) is 7. The summed E-state index contributed by atoms with van der Waals surface area (Å²) >= 11 is 0. The lowest BCUT2D eigenvalue weighted by atomic mass is 9.95. The van der Waals surface area contributed by atoms with Crippen LogP contribution in [0.1, 0.15) is 50.7 Å². The predicted molar refractivity (Wildman–Crippen MR) is 120 cm³/mol. The second-order valence-corrected chi connectivity index (χ2v) is 8.06. The number of fused-ring (bicyclic) bond motifs is 5. The minimum absolute atomic E-state index is 0.332. The van der Waals surface area contributed by atoms with Crippen molar-refractivity contribution >= 4 is 5.97 Å². The van der Waals surface area contributed by atoms with Gasteiger partial charge in [-0.2, -0.15) is 0 Å². The molecule has 2 atom stereocenters. The lowest BCUT2D eigenvalue weighted by molar-refractivity contribution is -0.132. The maximum atomic E-state index is 11.8. The number of benzene rings is 2. The predicted octanol–water partition coefficient (Wildman–Crippen LogP) is 4.03. The molecule has 2 N–H and O–H groups in total. The Bertz CT molecular complexity index is 952. The van der Waals surface area contributed by atoms with Crippen LogP contribution in [0.5, 0.6) is 23.0 Å². The number of aliphatic hydroxyl groups excluding tert-OH is 2. The fourth-order valence-corrected chi connectivity index (χ4v) is 4.11. The van der Waals surface area contributed by atoms with Crippen molar-refractivity contribution in [1.82, 2.24) is 0 Å². The van der Waals surface area contributed by atoms with Crippen LogP contribution < -0.4 is 18.9 Å². The second kappa shape index (κ2) is 10.7. The third-order valence-corrected chi connectivity index (χ3v) is 5.55. The molecule has 2 aromatic carbocycles. The third kappa shape index (κ3) is 5.53. The van der Waals surface area contributed by atoms with Crippen molar-refractivity contribution < 1.29 is 34.0 Å². The molecular formula is C25H32O7. The Hall–Kier alpha value is -2.77. The minimum atomic E-state index is -1.00. The Morgan fingerprint density at radius 3 is 2.41 bits per heavy atom. The summed E-state index contributed by atoms with van der Waals surface area (Å²) in [4.78, 5) is 11.8. The van der Waals surface area contributed by atoms with Gasteiger partial charge < -0.3 is 29.2 Å². The van der Waals surface area contributed by atoms with E-state index in [0.29, 0.717) is 54.2 Å². The largest absolute Gasteiger partial charge is 0.492 e. The Morgan fingerprint density at radius 1 is 1.00 bits per heavy atom. The number of carbonyl (C=O) groups excluding carboxylic acids is 1. The van der Waals surface area contributed by atoms with E-state index in [4.69, 9.17) is 18.9 Å². The molecule has 7 nitrogen and oxygen atoms in total. The number of hydrogen-bond donors (Lipinski definition) is 2. The number of methoxy groups -OCH3 is 2. The van der Waals surface area contributed by atoms with E-state index in [9.17, 15) is 15.0 Å². The maximum Gasteiger partial charge on any atom is 0.308 e. The summed E-state index contributed by atoms with van der Waals surface area (Å²) in [6.07, 6.45) is 2.98. The van der Waals surface area contributed by atoms with Gasteiger partial charge in [0.25, 0.3) is 0 Å². The van der Waals surface area contributed by atoms with Gasteiger partial charge in [-0.3, -0.25) is 4.79 Å². The molecular weight excluding hydrogens is 412 g/mol. The minimum Gasteiger partial charge on any atom is -0.492 e. The van der Waals surface area contributed by atoms with Crippen LogP contribution in [0.25, 0.3) is 11.1 Å². The Balaban J connectivity index is 2.29. The lowest BCUT2D eigenvalue weighted by Crippen LogP contribution is -2.11. The highest BCUT2D eigenvalue weighted by molar-refractivity contribution is 5.83. The van der Waals surface area contributed by atoms with E-state index in [0.717, 1.165) is 29.5 Å². The van der Waals surface area contributed by atoms with Crippen LogP contribution >= 0.6 is 0 Å². The quantitative estimate of drug-likeness (QED) is 0.408. The summed E-state index contributed by atoms with van der Waals surface area (Å²) in [5.41, 5.74) is 3.27. The van der Waals surface area contributed by atoms with E-state index >= 15 is 0 Å². The molecule has 0 fully saturated rings. The zero-order valence-corrected chi connectivity index (χ0v) is 19.1. The van der Waals surface area contributed by atoms with E-state index in [1.165, 1.54) is 21.1 Å². The molecule has 3 rings (SSSR count). The Morgan fingerprint density at radius 2 is 1.75 bits per heavy atom. The Labute approximate surface area is 188 Å². The standard InChI is InChI=1S/C25H32O7/c1-15(26)31-22-12-10-17-9-11-19(28)8-6-5-7-18-14-21(20(22)13-17)24(29-3)25(30-4)23(18)32-16(2)27/h10,12-15,19,26,28H,5-9,11H2,1-4H3. The molecule has 2 unspecified atom stereocenters. The molecule has 1 aliphatic carbocycles. The number of esters is 1. The second-order valence-electron chi connectivity index (χ2n) is 8.06. The zero-order chi connectivity index (χ0) is 23.3. The van der Waals surface area contributed by atoms with Gasteiger partial charge in [0.1, 0.15) is 5.75 Å². The number of carbonyl (C=O) groups is 1. The van der Waals surface area contributed by atoms with Crippen molar-refractivity contribution in [2.45, 2.75) is 64.8 Å². The molecule has 1 aliphatic rings. The van der Waals surface area contributed by atoms with Gasteiger partial charge in [-0.1, -0.05) is 12.5 Å². The van der Waals surface area contributed by atoms with E-state index in [1.807, 2.05) is 24.3 Å². The average Bonchev–Trinajstić information content (AvgIpc) is 2.75. The van der Waals surface area contributed by atoms with Gasteiger partial charge in [0.15, 0.2) is 17.8 Å². The summed E-state index contributed by atoms with van der Waals surface area (Å²) < 4.78 is 22.6. The molecule has 7 heteroatoms. The normalized spacial score (nSPS) is 17.2.